The summed E-state index contributed by atoms with van der Waals surface area (Å²) in [4.78, 5) is 9.30. The largest absolute Gasteiger partial charge is 0.261 e. The van der Waals surface area contributed by atoms with Gasteiger partial charge in [-0.15, -0.1) is 0 Å². The van der Waals surface area contributed by atoms with E-state index in [4.69, 9.17) is 0 Å². The van der Waals surface area contributed by atoms with Crippen LogP contribution in [0.5, 0.6) is 0 Å². The van der Waals surface area contributed by atoms with Gasteiger partial charge in [0.15, 0.2) is 0 Å². The van der Waals surface area contributed by atoms with Crippen molar-refractivity contribution in [3.05, 3.63) is 48.0 Å². The molecule has 0 saturated carbocycles. The highest BCUT2D eigenvalue weighted by Gasteiger charge is 2.18. The van der Waals surface area contributed by atoms with Crippen molar-refractivity contribution in [1.82, 2.24) is 9.97 Å². The zero-order valence-electron chi connectivity index (χ0n) is 16.2. The summed E-state index contributed by atoms with van der Waals surface area (Å²) in [7, 11) is 0. The second-order valence-electron chi connectivity index (χ2n) is 8.90. The lowest BCUT2D eigenvalue weighted by molar-refractivity contribution is 0.325. The van der Waals surface area contributed by atoms with Crippen molar-refractivity contribution < 1.29 is 0 Å². The summed E-state index contributed by atoms with van der Waals surface area (Å²) in [5, 5.41) is 0. The summed E-state index contributed by atoms with van der Waals surface area (Å²) in [6.07, 6.45) is 8.44. The number of hydrogen-bond acceptors (Lipinski definition) is 2. The Balaban J connectivity index is 2.08. The first kappa shape index (κ1) is 18.6. The van der Waals surface area contributed by atoms with E-state index in [1.165, 1.54) is 18.5 Å². The second-order valence-corrected chi connectivity index (χ2v) is 8.90. The first-order chi connectivity index (χ1) is 11.2. The molecule has 0 atom stereocenters. The van der Waals surface area contributed by atoms with Crippen LogP contribution in [0.4, 0.5) is 0 Å². The molecule has 2 aromatic rings. The van der Waals surface area contributed by atoms with E-state index in [9.17, 15) is 0 Å². The number of aromatic nitrogens is 2. The molecule has 0 aromatic carbocycles. The summed E-state index contributed by atoms with van der Waals surface area (Å²) in [6.45, 7) is 13.6. The smallest absolute Gasteiger partial charge is 0.0409 e. The SMILES string of the molecule is CCCC(C)(C)Cc1ccc(-c2ccc(CC(C)(C)C)nc2)cn1. The Bertz CT molecular complexity index is 631. The van der Waals surface area contributed by atoms with Gasteiger partial charge in [0.05, 0.1) is 0 Å². The molecule has 0 aliphatic heterocycles. The van der Waals surface area contributed by atoms with E-state index in [2.05, 4.69) is 75.8 Å². The summed E-state index contributed by atoms with van der Waals surface area (Å²) >= 11 is 0. The fourth-order valence-electron chi connectivity index (χ4n) is 3.20. The molecule has 24 heavy (non-hydrogen) atoms. The van der Waals surface area contributed by atoms with Gasteiger partial charge >= 0.3 is 0 Å². The van der Waals surface area contributed by atoms with Gasteiger partial charge in [0.25, 0.3) is 0 Å². The van der Waals surface area contributed by atoms with E-state index in [1.54, 1.807) is 0 Å². The number of rotatable bonds is 6. The lowest BCUT2D eigenvalue weighted by Gasteiger charge is -2.23. The van der Waals surface area contributed by atoms with Gasteiger partial charge in [-0.05, 0) is 42.2 Å². The minimum Gasteiger partial charge on any atom is -0.261 e. The highest BCUT2D eigenvalue weighted by molar-refractivity contribution is 5.61. The molecule has 0 spiro atoms. The van der Waals surface area contributed by atoms with Gasteiger partial charge in [-0.25, -0.2) is 0 Å². The van der Waals surface area contributed by atoms with Crippen molar-refractivity contribution in [2.24, 2.45) is 10.8 Å². The van der Waals surface area contributed by atoms with E-state index in [0.29, 0.717) is 5.41 Å². The second kappa shape index (κ2) is 7.46. The molecular formula is C22H32N2. The highest BCUT2D eigenvalue weighted by Crippen LogP contribution is 2.27. The zero-order valence-corrected chi connectivity index (χ0v) is 16.2. The third-order valence-electron chi connectivity index (χ3n) is 4.28. The molecule has 0 fully saturated rings. The lowest BCUT2D eigenvalue weighted by atomic mass is 9.83. The Labute approximate surface area is 147 Å². The van der Waals surface area contributed by atoms with Crippen LogP contribution in [0.25, 0.3) is 11.1 Å². The summed E-state index contributed by atoms with van der Waals surface area (Å²) in [5.74, 6) is 0. The predicted octanol–water partition coefficient (Wildman–Crippen LogP) is 6.10. The van der Waals surface area contributed by atoms with E-state index < -0.39 is 0 Å². The van der Waals surface area contributed by atoms with Gasteiger partial charge in [-0.2, -0.15) is 0 Å². The Hall–Kier alpha value is -1.70. The molecule has 0 amide bonds. The van der Waals surface area contributed by atoms with Crippen LogP contribution in [0.3, 0.4) is 0 Å². The van der Waals surface area contributed by atoms with Crippen molar-refractivity contribution in [3.8, 4) is 11.1 Å². The number of nitrogens with zero attached hydrogens (tertiary/aromatic N) is 2. The molecule has 0 aliphatic rings. The monoisotopic (exact) mass is 324 g/mol. The van der Waals surface area contributed by atoms with E-state index in [-0.39, 0.29) is 5.41 Å². The van der Waals surface area contributed by atoms with Crippen molar-refractivity contribution in [3.63, 3.8) is 0 Å². The molecule has 0 N–H and O–H groups in total. The standard InChI is InChI=1S/C22H32N2/c1-7-12-22(5,6)14-20-11-9-18(16-24-20)17-8-10-19(23-15-17)13-21(2,3)4/h8-11,15-16H,7,12-14H2,1-6H3. The zero-order chi connectivity index (χ0) is 17.8. The minimum absolute atomic E-state index is 0.267. The van der Waals surface area contributed by atoms with Crippen LogP contribution in [0.1, 0.15) is 65.8 Å². The summed E-state index contributed by atoms with van der Waals surface area (Å²) in [5.41, 5.74) is 5.19. The van der Waals surface area contributed by atoms with Crippen molar-refractivity contribution in [2.75, 3.05) is 0 Å². The highest BCUT2D eigenvalue weighted by atomic mass is 14.7. The maximum absolute atomic E-state index is 4.68. The average Bonchev–Trinajstić information content (AvgIpc) is 2.47. The van der Waals surface area contributed by atoms with Crippen LogP contribution < -0.4 is 0 Å². The average molecular weight is 325 g/mol. The molecule has 0 aliphatic carbocycles. The third kappa shape index (κ3) is 5.74. The van der Waals surface area contributed by atoms with Crippen molar-refractivity contribution in [2.45, 2.75) is 67.2 Å². The quantitative estimate of drug-likeness (QED) is 0.641. The molecule has 0 saturated heterocycles. The van der Waals surface area contributed by atoms with Crippen LogP contribution in [0.15, 0.2) is 36.7 Å². The molecule has 2 rings (SSSR count). The maximum Gasteiger partial charge on any atom is 0.0409 e. The molecule has 2 aromatic heterocycles. The van der Waals surface area contributed by atoms with Gasteiger partial charge in [0, 0.05) is 34.9 Å². The Morgan fingerprint density at radius 2 is 1.25 bits per heavy atom. The fourth-order valence-corrected chi connectivity index (χ4v) is 3.20. The number of pyridine rings is 2. The molecule has 2 heterocycles. The van der Waals surface area contributed by atoms with Crippen LogP contribution in [0, 0.1) is 10.8 Å². The van der Waals surface area contributed by atoms with Gasteiger partial charge < -0.3 is 0 Å². The summed E-state index contributed by atoms with van der Waals surface area (Å²) in [6, 6.07) is 8.63. The first-order valence-electron chi connectivity index (χ1n) is 9.09. The predicted molar refractivity (Wildman–Crippen MR) is 103 cm³/mol. The molecule has 0 radical (unpaired) electrons. The fraction of sp³-hybridized carbons (Fsp3) is 0.545. The van der Waals surface area contributed by atoms with Crippen molar-refractivity contribution >= 4 is 0 Å². The van der Waals surface area contributed by atoms with E-state index >= 15 is 0 Å². The Kier molecular flexibility index (Phi) is 5.79. The molecule has 130 valence electrons. The normalized spacial score (nSPS) is 12.4. The van der Waals surface area contributed by atoms with Gasteiger partial charge in [-0.3, -0.25) is 9.97 Å². The lowest BCUT2D eigenvalue weighted by Crippen LogP contribution is -2.15. The summed E-state index contributed by atoms with van der Waals surface area (Å²) < 4.78 is 0. The molecule has 2 heteroatoms. The van der Waals surface area contributed by atoms with Crippen LogP contribution in [-0.4, -0.2) is 9.97 Å². The Morgan fingerprint density at radius 3 is 1.62 bits per heavy atom. The van der Waals surface area contributed by atoms with Crippen LogP contribution in [-0.2, 0) is 12.8 Å². The molecule has 2 nitrogen and oxygen atoms in total. The van der Waals surface area contributed by atoms with E-state index in [0.717, 1.165) is 29.7 Å². The minimum atomic E-state index is 0.267. The molecular weight excluding hydrogens is 292 g/mol. The van der Waals surface area contributed by atoms with Crippen LogP contribution in [0.2, 0.25) is 0 Å². The molecule has 0 bridgehead atoms. The van der Waals surface area contributed by atoms with E-state index in [1.807, 2.05) is 12.4 Å². The van der Waals surface area contributed by atoms with Crippen molar-refractivity contribution in [1.29, 1.82) is 0 Å². The Morgan fingerprint density at radius 1 is 0.750 bits per heavy atom. The number of hydrogen-bond donors (Lipinski definition) is 0. The van der Waals surface area contributed by atoms with Crippen LogP contribution >= 0.6 is 0 Å². The van der Waals surface area contributed by atoms with Gasteiger partial charge in [-0.1, -0.05) is 60.1 Å². The molecule has 0 unspecified atom stereocenters. The third-order valence-corrected chi connectivity index (χ3v) is 4.28. The first-order valence-corrected chi connectivity index (χ1v) is 9.09. The maximum atomic E-state index is 4.68. The van der Waals surface area contributed by atoms with Gasteiger partial charge in [0.1, 0.15) is 0 Å². The topological polar surface area (TPSA) is 25.8 Å². The van der Waals surface area contributed by atoms with Gasteiger partial charge in [0.2, 0.25) is 0 Å².